The standard InChI is InChI=1S/C10H8BrFN2O2/c1-5-2-7(12)6(11)3-8(5)14-9(15)4-13-10(14)16/h2-3H,4H2,1H3,(H,13,16). The quantitative estimate of drug-likeness (QED) is 0.803. The number of imide groups is 1. The van der Waals surface area contributed by atoms with Gasteiger partial charge in [-0.3, -0.25) is 4.79 Å². The second-order valence-corrected chi connectivity index (χ2v) is 4.29. The minimum absolute atomic E-state index is 0.0206. The van der Waals surface area contributed by atoms with Crippen molar-refractivity contribution < 1.29 is 14.0 Å². The third-order valence-electron chi connectivity index (χ3n) is 2.32. The van der Waals surface area contributed by atoms with Crippen molar-refractivity contribution in [2.75, 3.05) is 11.4 Å². The van der Waals surface area contributed by atoms with Crippen LogP contribution in [0.15, 0.2) is 16.6 Å². The highest BCUT2D eigenvalue weighted by molar-refractivity contribution is 9.10. The van der Waals surface area contributed by atoms with Crippen LogP contribution >= 0.6 is 15.9 Å². The fourth-order valence-electron chi connectivity index (χ4n) is 1.54. The van der Waals surface area contributed by atoms with Gasteiger partial charge in [0, 0.05) is 0 Å². The summed E-state index contributed by atoms with van der Waals surface area (Å²) in [6.45, 7) is 1.62. The molecule has 1 saturated heterocycles. The first-order valence-corrected chi connectivity index (χ1v) is 5.36. The topological polar surface area (TPSA) is 49.4 Å². The third kappa shape index (κ3) is 1.69. The minimum atomic E-state index is -0.480. The zero-order valence-corrected chi connectivity index (χ0v) is 9.97. The number of nitrogens with zero attached hydrogens (tertiary/aromatic N) is 1. The number of anilines is 1. The zero-order chi connectivity index (χ0) is 11.9. The van der Waals surface area contributed by atoms with E-state index in [1.165, 1.54) is 12.1 Å². The fourth-order valence-corrected chi connectivity index (χ4v) is 1.87. The first-order valence-electron chi connectivity index (χ1n) is 4.57. The molecule has 6 heteroatoms. The molecule has 4 nitrogen and oxygen atoms in total. The van der Waals surface area contributed by atoms with Gasteiger partial charge in [0.05, 0.1) is 16.7 Å². The Labute approximate surface area is 99.6 Å². The molecule has 16 heavy (non-hydrogen) atoms. The Hall–Kier alpha value is -1.43. The summed E-state index contributed by atoms with van der Waals surface area (Å²) in [6.07, 6.45) is 0. The molecule has 0 bridgehead atoms. The van der Waals surface area contributed by atoms with Gasteiger partial charge in [-0.25, -0.2) is 14.1 Å². The van der Waals surface area contributed by atoms with Crippen LogP contribution in [0.2, 0.25) is 0 Å². The summed E-state index contributed by atoms with van der Waals surface area (Å²) in [7, 11) is 0. The van der Waals surface area contributed by atoms with Crippen molar-refractivity contribution >= 4 is 33.6 Å². The van der Waals surface area contributed by atoms with E-state index in [0.717, 1.165) is 4.90 Å². The Morgan fingerprint density at radius 2 is 2.12 bits per heavy atom. The number of rotatable bonds is 1. The van der Waals surface area contributed by atoms with Crippen molar-refractivity contribution in [3.8, 4) is 0 Å². The monoisotopic (exact) mass is 286 g/mol. The van der Waals surface area contributed by atoms with Crippen LogP contribution in [-0.2, 0) is 4.79 Å². The Bertz CT molecular complexity index is 474. The van der Waals surface area contributed by atoms with Crippen molar-refractivity contribution in [3.63, 3.8) is 0 Å². The van der Waals surface area contributed by atoms with Crippen LogP contribution in [0.4, 0.5) is 14.9 Å². The summed E-state index contributed by atoms with van der Waals surface area (Å²) >= 11 is 3.02. The second-order valence-electron chi connectivity index (χ2n) is 3.44. The predicted octanol–water partition coefficient (Wildman–Crippen LogP) is 1.95. The van der Waals surface area contributed by atoms with E-state index in [9.17, 15) is 14.0 Å². The average molecular weight is 287 g/mol. The van der Waals surface area contributed by atoms with Gasteiger partial charge in [-0.15, -0.1) is 0 Å². The average Bonchev–Trinajstić information content (AvgIpc) is 2.53. The summed E-state index contributed by atoms with van der Waals surface area (Å²) in [4.78, 5) is 23.9. The molecule has 1 aromatic carbocycles. The fraction of sp³-hybridized carbons (Fsp3) is 0.200. The van der Waals surface area contributed by atoms with Crippen molar-refractivity contribution in [1.82, 2.24) is 5.32 Å². The number of carbonyl (C=O) groups is 2. The van der Waals surface area contributed by atoms with Crippen LogP contribution in [-0.4, -0.2) is 18.5 Å². The molecule has 1 heterocycles. The number of carbonyl (C=O) groups excluding carboxylic acids is 2. The molecule has 0 atom stereocenters. The van der Waals surface area contributed by atoms with Crippen molar-refractivity contribution in [1.29, 1.82) is 0 Å². The van der Waals surface area contributed by atoms with Crippen LogP contribution < -0.4 is 10.2 Å². The molecule has 84 valence electrons. The first-order chi connectivity index (χ1) is 7.50. The molecular weight excluding hydrogens is 279 g/mol. The van der Waals surface area contributed by atoms with Crippen molar-refractivity contribution in [2.24, 2.45) is 0 Å². The maximum atomic E-state index is 13.2. The second kappa shape index (κ2) is 3.86. The van der Waals surface area contributed by atoms with Crippen LogP contribution in [0.3, 0.4) is 0 Å². The lowest BCUT2D eigenvalue weighted by Gasteiger charge is -2.15. The molecule has 1 aromatic rings. The van der Waals surface area contributed by atoms with Gasteiger partial charge in [-0.1, -0.05) is 0 Å². The summed E-state index contributed by atoms with van der Waals surface area (Å²) in [5.41, 5.74) is 0.930. The summed E-state index contributed by atoms with van der Waals surface area (Å²) < 4.78 is 13.4. The smallest absolute Gasteiger partial charge is 0.328 e. The van der Waals surface area contributed by atoms with Crippen LogP contribution in [0, 0.1) is 12.7 Å². The number of halogens is 2. The molecular formula is C10H8BrFN2O2. The van der Waals surface area contributed by atoms with E-state index in [2.05, 4.69) is 21.2 Å². The lowest BCUT2D eigenvalue weighted by molar-refractivity contribution is -0.115. The summed E-state index contributed by atoms with van der Waals surface area (Å²) in [5, 5.41) is 2.41. The number of amides is 3. The number of benzene rings is 1. The number of nitrogens with one attached hydrogen (secondary N) is 1. The molecule has 1 N–H and O–H groups in total. The van der Waals surface area contributed by atoms with Crippen LogP contribution in [0.5, 0.6) is 0 Å². The van der Waals surface area contributed by atoms with Gasteiger partial charge in [0.2, 0.25) is 0 Å². The molecule has 3 amide bonds. The predicted molar refractivity (Wildman–Crippen MR) is 59.7 cm³/mol. The molecule has 0 aromatic heterocycles. The Kier molecular flexibility index (Phi) is 2.67. The number of hydrogen-bond acceptors (Lipinski definition) is 2. The molecule has 0 unspecified atom stereocenters. The Morgan fingerprint density at radius 3 is 2.69 bits per heavy atom. The van der Waals surface area contributed by atoms with Gasteiger partial charge in [0.15, 0.2) is 0 Å². The van der Waals surface area contributed by atoms with E-state index in [1.807, 2.05) is 0 Å². The van der Waals surface area contributed by atoms with Gasteiger partial charge >= 0.3 is 6.03 Å². The van der Waals surface area contributed by atoms with E-state index in [4.69, 9.17) is 0 Å². The zero-order valence-electron chi connectivity index (χ0n) is 8.38. The van der Waals surface area contributed by atoms with Gasteiger partial charge in [0.1, 0.15) is 5.82 Å². The van der Waals surface area contributed by atoms with E-state index in [1.54, 1.807) is 6.92 Å². The molecule has 2 rings (SSSR count). The molecule has 1 fully saturated rings. The van der Waals surface area contributed by atoms with E-state index >= 15 is 0 Å². The maximum Gasteiger partial charge on any atom is 0.329 e. The van der Waals surface area contributed by atoms with Gasteiger partial charge in [0.25, 0.3) is 5.91 Å². The highest BCUT2D eigenvalue weighted by Gasteiger charge is 2.31. The lowest BCUT2D eigenvalue weighted by Crippen LogP contribution is -2.31. The Balaban J connectivity index is 2.51. The highest BCUT2D eigenvalue weighted by atomic mass is 79.9. The normalized spacial score (nSPS) is 15.6. The van der Waals surface area contributed by atoms with Gasteiger partial charge in [-0.2, -0.15) is 0 Å². The number of aryl methyl sites for hydroxylation is 1. The molecule has 0 aliphatic carbocycles. The van der Waals surface area contributed by atoms with E-state index in [-0.39, 0.29) is 16.9 Å². The molecule has 1 aliphatic heterocycles. The van der Waals surface area contributed by atoms with E-state index < -0.39 is 11.8 Å². The summed E-state index contributed by atoms with van der Waals surface area (Å²) in [5.74, 6) is -0.764. The lowest BCUT2D eigenvalue weighted by atomic mass is 10.2. The minimum Gasteiger partial charge on any atom is -0.328 e. The molecule has 0 radical (unpaired) electrons. The van der Waals surface area contributed by atoms with Gasteiger partial charge in [-0.05, 0) is 40.5 Å². The van der Waals surface area contributed by atoms with Crippen LogP contribution in [0.1, 0.15) is 5.56 Å². The third-order valence-corrected chi connectivity index (χ3v) is 2.93. The summed E-state index contributed by atoms with van der Waals surface area (Å²) in [6, 6.07) is 2.22. The van der Waals surface area contributed by atoms with E-state index in [0.29, 0.717) is 11.3 Å². The van der Waals surface area contributed by atoms with Crippen molar-refractivity contribution in [3.05, 3.63) is 28.0 Å². The SMILES string of the molecule is Cc1cc(F)c(Br)cc1N1C(=O)CNC1=O. The van der Waals surface area contributed by atoms with Crippen LogP contribution in [0.25, 0.3) is 0 Å². The Morgan fingerprint density at radius 1 is 1.44 bits per heavy atom. The number of urea groups is 1. The first kappa shape index (κ1) is 11.1. The molecule has 1 aliphatic rings. The molecule has 0 spiro atoms. The number of hydrogen-bond donors (Lipinski definition) is 1. The maximum absolute atomic E-state index is 13.2. The largest absolute Gasteiger partial charge is 0.329 e. The highest BCUT2D eigenvalue weighted by Crippen LogP contribution is 2.28. The van der Waals surface area contributed by atoms with Crippen molar-refractivity contribution in [2.45, 2.75) is 6.92 Å². The van der Waals surface area contributed by atoms with Gasteiger partial charge < -0.3 is 5.32 Å². The molecule has 0 saturated carbocycles.